The third-order valence-electron chi connectivity index (χ3n) is 3.59. The molecule has 2 aromatic carbocycles. The molecule has 0 radical (unpaired) electrons. The summed E-state index contributed by atoms with van der Waals surface area (Å²) in [6.07, 6.45) is 3.37. The summed E-state index contributed by atoms with van der Waals surface area (Å²) in [5.74, 6) is -0.115. The molecule has 10 heteroatoms. The number of methoxy groups -OCH3 is 2. The molecule has 0 unspecified atom stereocenters. The van der Waals surface area contributed by atoms with Gasteiger partial charge >= 0.3 is 0 Å². The highest BCUT2D eigenvalue weighted by Gasteiger charge is 2.22. The minimum Gasteiger partial charge on any atom is -0.495 e. The van der Waals surface area contributed by atoms with Crippen molar-refractivity contribution in [3.63, 3.8) is 0 Å². The number of amides is 1. The van der Waals surface area contributed by atoms with Crippen molar-refractivity contribution in [2.24, 2.45) is 5.10 Å². The highest BCUT2D eigenvalue weighted by Crippen LogP contribution is 2.35. The number of benzene rings is 2. The maximum absolute atomic E-state index is 12.7. The minimum atomic E-state index is -4.03. The van der Waals surface area contributed by atoms with Gasteiger partial charge in [-0.15, -0.1) is 11.8 Å². The Balaban J connectivity index is 2.30. The summed E-state index contributed by atoms with van der Waals surface area (Å²) in [4.78, 5) is 14.4. The lowest BCUT2D eigenvalue weighted by atomic mass is 10.2. The van der Waals surface area contributed by atoms with Crippen molar-refractivity contribution >= 4 is 39.6 Å². The van der Waals surface area contributed by atoms with Crippen molar-refractivity contribution in [2.75, 3.05) is 25.8 Å². The molecule has 8 nitrogen and oxygen atoms in total. The molecule has 0 saturated heterocycles. The third-order valence-corrected chi connectivity index (χ3v) is 5.58. The average Bonchev–Trinajstić information content (AvgIpc) is 2.67. The second kappa shape index (κ2) is 9.47. The maximum Gasteiger partial charge on any atom is 0.280 e. The SMILES string of the molecule is COc1cc(S(=O)(=O)N/N=C/c2ccc(SC)cc2)c(OC)cc1NC(C)=O. The summed E-state index contributed by atoms with van der Waals surface area (Å²) in [6, 6.07) is 10.1. The van der Waals surface area contributed by atoms with Crippen molar-refractivity contribution in [3.05, 3.63) is 42.0 Å². The van der Waals surface area contributed by atoms with Crippen LogP contribution in [0, 0.1) is 0 Å². The van der Waals surface area contributed by atoms with E-state index in [1.807, 2.05) is 30.5 Å². The molecule has 0 spiro atoms. The van der Waals surface area contributed by atoms with Gasteiger partial charge in [-0.1, -0.05) is 12.1 Å². The van der Waals surface area contributed by atoms with Gasteiger partial charge in [0, 0.05) is 24.0 Å². The lowest BCUT2D eigenvalue weighted by Gasteiger charge is -2.15. The zero-order chi connectivity index (χ0) is 20.7. The van der Waals surface area contributed by atoms with Gasteiger partial charge in [-0.3, -0.25) is 4.79 Å². The summed E-state index contributed by atoms with van der Waals surface area (Å²) in [5, 5.41) is 6.37. The van der Waals surface area contributed by atoms with Crippen molar-refractivity contribution in [1.29, 1.82) is 0 Å². The third kappa shape index (κ3) is 5.40. The highest BCUT2D eigenvalue weighted by molar-refractivity contribution is 7.98. The molecule has 2 rings (SSSR count). The molecule has 0 aliphatic rings. The van der Waals surface area contributed by atoms with E-state index in [0.717, 1.165) is 10.5 Å². The Hall–Kier alpha value is -2.72. The first kappa shape index (κ1) is 21.6. The Kier molecular flexibility index (Phi) is 7.30. The number of ether oxygens (including phenoxy) is 2. The molecule has 28 heavy (non-hydrogen) atoms. The van der Waals surface area contributed by atoms with Crippen LogP contribution in [0.15, 0.2) is 51.3 Å². The quantitative estimate of drug-likeness (QED) is 0.384. The molecular formula is C18H21N3O5S2. The highest BCUT2D eigenvalue weighted by atomic mass is 32.2. The number of thioether (sulfide) groups is 1. The van der Waals surface area contributed by atoms with E-state index in [-0.39, 0.29) is 22.3 Å². The number of anilines is 1. The van der Waals surface area contributed by atoms with Crippen LogP contribution in [0.4, 0.5) is 5.69 Å². The molecule has 0 atom stereocenters. The van der Waals surface area contributed by atoms with Crippen LogP contribution in [0.2, 0.25) is 0 Å². The fourth-order valence-corrected chi connectivity index (χ4v) is 3.64. The number of carbonyl (C=O) groups excluding carboxylic acids is 1. The molecule has 2 N–H and O–H groups in total. The topological polar surface area (TPSA) is 106 Å². The van der Waals surface area contributed by atoms with E-state index in [1.54, 1.807) is 11.8 Å². The van der Waals surface area contributed by atoms with Gasteiger partial charge in [0.2, 0.25) is 5.91 Å². The number of rotatable bonds is 8. The predicted molar refractivity (Wildman–Crippen MR) is 110 cm³/mol. The Morgan fingerprint density at radius 3 is 2.29 bits per heavy atom. The number of sulfonamides is 1. The first-order chi connectivity index (χ1) is 13.3. The van der Waals surface area contributed by atoms with Crippen LogP contribution in [0.25, 0.3) is 0 Å². The molecule has 0 fully saturated rings. The second-order valence-corrected chi connectivity index (χ2v) is 8.02. The van der Waals surface area contributed by atoms with Gasteiger partial charge in [0.05, 0.1) is 26.1 Å². The summed E-state index contributed by atoms with van der Waals surface area (Å²) < 4.78 is 35.6. The van der Waals surface area contributed by atoms with Crippen LogP contribution in [0.1, 0.15) is 12.5 Å². The molecule has 0 bridgehead atoms. The van der Waals surface area contributed by atoms with E-state index < -0.39 is 10.0 Å². The van der Waals surface area contributed by atoms with Gasteiger partial charge in [0.1, 0.15) is 16.4 Å². The second-order valence-electron chi connectivity index (χ2n) is 5.51. The fraction of sp³-hybridized carbons (Fsp3) is 0.222. The Labute approximate surface area is 168 Å². The van der Waals surface area contributed by atoms with E-state index in [2.05, 4.69) is 15.2 Å². The van der Waals surface area contributed by atoms with Crippen LogP contribution >= 0.6 is 11.8 Å². The molecule has 0 heterocycles. The maximum atomic E-state index is 12.7. The number of hydrogen-bond acceptors (Lipinski definition) is 7. The molecule has 0 saturated carbocycles. The fourth-order valence-electron chi connectivity index (χ4n) is 2.28. The zero-order valence-electron chi connectivity index (χ0n) is 15.8. The van der Waals surface area contributed by atoms with Gasteiger partial charge in [-0.2, -0.15) is 18.4 Å². The van der Waals surface area contributed by atoms with Crippen LogP contribution in [-0.2, 0) is 14.8 Å². The number of nitrogens with one attached hydrogen (secondary N) is 2. The van der Waals surface area contributed by atoms with E-state index in [0.29, 0.717) is 5.69 Å². The summed E-state index contributed by atoms with van der Waals surface area (Å²) in [6.45, 7) is 1.33. The largest absolute Gasteiger partial charge is 0.495 e. The van der Waals surface area contributed by atoms with Gasteiger partial charge in [0.15, 0.2) is 0 Å². The van der Waals surface area contributed by atoms with Gasteiger partial charge in [-0.05, 0) is 24.0 Å². The monoisotopic (exact) mass is 423 g/mol. The Morgan fingerprint density at radius 1 is 1.11 bits per heavy atom. The van der Waals surface area contributed by atoms with E-state index in [1.165, 1.54) is 39.5 Å². The summed E-state index contributed by atoms with van der Waals surface area (Å²) in [5.41, 5.74) is 1.04. The summed E-state index contributed by atoms with van der Waals surface area (Å²) >= 11 is 1.61. The van der Waals surface area contributed by atoms with E-state index in [4.69, 9.17) is 9.47 Å². The molecule has 150 valence electrons. The van der Waals surface area contributed by atoms with E-state index >= 15 is 0 Å². The van der Waals surface area contributed by atoms with Crippen molar-refractivity contribution in [2.45, 2.75) is 16.7 Å². The minimum absolute atomic E-state index is 0.0385. The number of hydrazone groups is 1. The molecular weight excluding hydrogens is 402 g/mol. The first-order valence-corrected chi connectivity index (χ1v) is 10.7. The molecule has 0 aliphatic heterocycles. The lowest BCUT2D eigenvalue weighted by Crippen LogP contribution is -2.19. The van der Waals surface area contributed by atoms with Crippen LogP contribution in [0.5, 0.6) is 11.5 Å². The van der Waals surface area contributed by atoms with Gasteiger partial charge < -0.3 is 14.8 Å². The molecule has 1 amide bonds. The predicted octanol–water partition coefficient (Wildman–Crippen LogP) is 2.70. The van der Waals surface area contributed by atoms with Crippen molar-refractivity contribution in [3.8, 4) is 11.5 Å². The first-order valence-electron chi connectivity index (χ1n) is 8.03. The summed E-state index contributed by atoms with van der Waals surface area (Å²) in [7, 11) is -1.34. The van der Waals surface area contributed by atoms with Crippen molar-refractivity contribution in [1.82, 2.24) is 4.83 Å². The molecule has 0 aromatic heterocycles. The van der Waals surface area contributed by atoms with E-state index in [9.17, 15) is 13.2 Å². The Bertz CT molecular complexity index is 973. The molecule has 0 aliphatic carbocycles. The normalized spacial score (nSPS) is 11.3. The number of carbonyl (C=O) groups is 1. The zero-order valence-corrected chi connectivity index (χ0v) is 17.5. The van der Waals surface area contributed by atoms with Crippen LogP contribution in [0.3, 0.4) is 0 Å². The number of nitrogens with zero attached hydrogens (tertiary/aromatic N) is 1. The average molecular weight is 424 g/mol. The smallest absolute Gasteiger partial charge is 0.280 e. The van der Waals surface area contributed by atoms with Crippen LogP contribution < -0.4 is 19.6 Å². The van der Waals surface area contributed by atoms with Gasteiger partial charge in [-0.25, -0.2) is 0 Å². The number of hydrogen-bond donors (Lipinski definition) is 2. The Morgan fingerprint density at radius 2 is 1.75 bits per heavy atom. The van der Waals surface area contributed by atoms with Crippen LogP contribution in [-0.4, -0.2) is 41.0 Å². The van der Waals surface area contributed by atoms with Gasteiger partial charge in [0.25, 0.3) is 10.0 Å². The standard InChI is InChI=1S/C18H21N3O5S2/c1-12(22)20-15-9-17(26-3)18(10-16(15)25-2)28(23,24)21-19-11-13-5-7-14(27-4)8-6-13/h5-11,21H,1-4H3,(H,20,22)/b19-11+. The van der Waals surface area contributed by atoms with Crippen molar-refractivity contribution < 1.29 is 22.7 Å². The lowest BCUT2D eigenvalue weighted by molar-refractivity contribution is -0.114. The molecule has 2 aromatic rings.